The Morgan fingerprint density at radius 3 is 1.37 bits per heavy atom. The van der Waals surface area contributed by atoms with Gasteiger partial charge in [0.05, 0.1) is 82.2 Å². The molecule has 0 aliphatic rings. The van der Waals surface area contributed by atoms with Crippen LogP contribution in [0, 0.1) is 0 Å². The van der Waals surface area contributed by atoms with Gasteiger partial charge in [-0.3, -0.25) is 9.13 Å². The molecule has 0 aliphatic heterocycles. The summed E-state index contributed by atoms with van der Waals surface area (Å²) in [5, 5.41) is -0.961. The molecule has 8 heterocycles. The first-order valence-electron chi connectivity index (χ1n) is 49.0. The molecule has 8 aromatic heterocycles. The topological polar surface area (TPSA) is 140 Å². The van der Waals surface area contributed by atoms with Crippen molar-refractivity contribution in [3.8, 4) is 79.7 Å². The Hall–Kier alpha value is -14.1. The van der Waals surface area contributed by atoms with Crippen molar-refractivity contribution in [2.45, 2.75) is 0 Å². The Balaban J connectivity index is 0.000000169. The van der Waals surface area contributed by atoms with E-state index >= 15 is 0 Å². The number of rotatable bonds is 8. The van der Waals surface area contributed by atoms with Gasteiger partial charge in [0.15, 0.2) is 23.3 Å². The van der Waals surface area contributed by atoms with Gasteiger partial charge >= 0.3 is 0 Å². The standard InChI is InChI=1S/2C45H26N4O2/c2*1-3-12-27(13-4-1)30-18-11-21-38-40(30)34-23-22-29(26-39(34)50-38)44-46-43(28-14-5-2-6-15-28)47-45(48-44)49-35-19-9-7-17-33(35)41-36(49)25-24-32-31-16-8-10-20-37(31)51-42(32)41/h2*1-26H/i1D,2D,3D,4D,5D,6D,7D,8D,9D,10D,11D,12D,13D,14D,15D,16D,17D,18D,19D,20D,21D,22D,23D,24D,25D,26D;7D,8D,9D,10D,16D,17D,19D,20D,24D,25D. The Labute approximate surface area is 630 Å². The van der Waals surface area contributed by atoms with Crippen LogP contribution in [0.3, 0.4) is 0 Å². The van der Waals surface area contributed by atoms with Crippen LogP contribution in [0.15, 0.2) is 332 Å². The van der Waals surface area contributed by atoms with E-state index in [0.717, 1.165) is 26.5 Å². The first-order chi connectivity index (χ1) is 65.5. The van der Waals surface area contributed by atoms with Crippen molar-refractivity contribution in [1.29, 1.82) is 0 Å². The van der Waals surface area contributed by atoms with Gasteiger partial charge in [0.2, 0.25) is 11.9 Å². The number of aromatic nitrogens is 8. The van der Waals surface area contributed by atoms with Crippen LogP contribution in [0.25, 0.3) is 211 Å². The molecule has 0 saturated heterocycles. The molecule has 14 aromatic carbocycles. The Morgan fingerprint density at radius 1 is 0.245 bits per heavy atom. The van der Waals surface area contributed by atoms with E-state index in [0.29, 0.717) is 22.3 Å². The van der Waals surface area contributed by atoms with E-state index in [-0.39, 0.29) is 77.5 Å². The summed E-state index contributed by atoms with van der Waals surface area (Å²) in [5.74, 6) is -2.25. The third-order valence-electron chi connectivity index (χ3n) is 17.2. The molecule has 0 saturated carbocycles. The predicted molar refractivity (Wildman–Crippen MR) is 410 cm³/mol. The predicted octanol–water partition coefficient (Wildman–Crippen LogP) is 23.5. The van der Waals surface area contributed by atoms with E-state index in [1.54, 1.807) is 0 Å². The average Bonchev–Trinajstić information content (AvgIpc) is 1.52. The van der Waals surface area contributed by atoms with Crippen LogP contribution >= 0.6 is 0 Å². The molecule has 12 nitrogen and oxygen atoms in total. The zero-order chi connectivity index (χ0) is 98.3. The fourth-order valence-corrected chi connectivity index (χ4v) is 12.9. The minimum Gasteiger partial charge on any atom is -0.456 e. The first-order valence-corrected chi connectivity index (χ1v) is 31.0. The van der Waals surface area contributed by atoms with Crippen molar-refractivity contribution < 1.29 is 67.0 Å². The lowest BCUT2D eigenvalue weighted by Gasteiger charge is -2.11. The van der Waals surface area contributed by atoms with E-state index in [1.807, 2.05) is 97.1 Å². The molecule has 0 fully saturated rings. The molecule has 22 aromatic rings. The van der Waals surface area contributed by atoms with Gasteiger partial charge in [0, 0.05) is 76.1 Å². The van der Waals surface area contributed by atoms with Gasteiger partial charge in [-0.15, -0.1) is 0 Å². The van der Waals surface area contributed by atoms with Gasteiger partial charge in [0.1, 0.15) is 44.7 Å². The number of benzene rings is 14. The molecular formula is C90H52N8O4. The number of para-hydroxylation sites is 4. The smallest absolute Gasteiger partial charge is 0.238 e. The van der Waals surface area contributed by atoms with Crippen molar-refractivity contribution >= 4 is 131 Å². The highest BCUT2D eigenvalue weighted by atomic mass is 16.3. The number of nitrogens with zero attached hydrogens (tertiary/aromatic N) is 8. The number of furan rings is 4. The van der Waals surface area contributed by atoms with E-state index in [2.05, 4.69) is 15.0 Å². The third kappa shape index (κ3) is 9.03. The molecule has 0 N–H and O–H groups in total. The summed E-state index contributed by atoms with van der Waals surface area (Å²) in [5.41, 5.74) is -2.18. The maximum atomic E-state index is 9.63. The monoisotopic (exact) mass is 1340 g/mol. The van der Waals surface area contributed by atoms with Crippen LogP contribution in [0.4, 0.5) is 0 Å². The summed E-state index contributed by atoms with van der Waals surface area (Å²) in [6.07, 6.45) is 0. The molecule has 22 rings (SSSR count). The lowest BCUT2D eigenvalue weighted by molar-refractivity contribution is 0.668. The lowest BCUT2D eigenvalue weighted by atomic mass is 9.99. The molecule has 12 heteroatoms. The van der Waals surface area contributed by atoms with Gasteiger partial charge in [-0.05, 0) is 107 Å². The molecule has 0 unspecified atom stereocenters. The van der Waals surface area contributed by atoms with Gasteiger partial charge in [0.25, 0.3) is 0 Å². The van der Waals surface area contributed by atoms with Gasteiger partial charge in [-0.2, -0.15) is 19.9 Å². The molecule has 0 radical (unpaired) electrons. The molecule has 0 bridgehead atoms. The molecule has 476 valence electrons. The largest absolute Gasteiger partial charge is 0.456 e. The molecular weight excluding hydrogens is 1260 g/mol. The fraction of sp³-hybridized carbons (Fsp3) is 0. The number of fused-ring (bicyclic) bond motifs is 20. The maximum absolute atomic E-state index is 9.63. The second-order valence-corrected chi connectivity index (χ2v) is 22.9. The third-order valence-corrected chi connectivity index (χ3v) is 17.2. The summed E-state index contributed by atoms with van der Waals surface area (Å²) in [7, 11) is 0. The van der Waals surface area contributed by atoms with Crippen LogP contribution in [-0.4, -0.2) is 39.0 Å². The van der Waals surface area contributed by atoms with Crippen LogP contribution in [0.2, 0.25) is 0 Å². The number of hydrogen-bond acceptors (Lipinski definition) is 10. The Bertz CT molecular complexity index is 9390. The van der Waals surface area contributed by atoms with E-state index in [4.69, 9.17) is 68.3 Å². The number of hydrogen-bond donors (Lipinski definition) is 0. The SMILES string of the molecule is [2H]c1c([2H])c([2H])c(-c2nc(-c3c([2H])c([2H])c4c(oc5c([2H])c([2H])c([2H])c(-c6c([2H])c([2H])c([2H])c([2H])c6[2H])c54)c3[2H])nc(-n3c4c([2H])c([2H])c([2H])c([2H])c4c4c5oc6c([2H])c([2H])c([2H])c([2H])c6c5c([2H])c([2H])c43)n2)c([2H])c1[2H].[2H]c1c([2H])c([2H])c2c(oc3c2c([2H])c([2H])c2c3c3c([2H])c([2H])c([2H])c([2H])c3n2-c2nc(-c3ccccc3)nc(-c3ccc4c(c3)oc3cccc(-c5ccccc5)c34)n2)c1[2H]. The minimum atomic E-state index is -0.961. The summed E-state index contributed by atoms with van der Waals surface area (Å²) in [6.45, 7) is 0. The summed E-state index contributed by atoms with van der Waals surface area (Å²) in [6, 6.07) is 3.97. The fourth-order valence-electron chi connectivity index (χ4n) is 12.9. The molecule has 0 amide bonds. The molecule has 0 atom stereocenters. The first kappa shape index (κ1) is 32.1. The van der Waals surface area contributed by atoms with E-state index < -0.39 is 307 Å². The van der Waals surface area contributed by atoms with Gasteiger partial charge in [-0.25, -0.2) is 9.97 Å². The molecule has 102 heavy (non-hydrogen) atoms. The van der Waals surface area contributed by atoms with E-state index in [9.17, 15) is 13.7 Å². The second-order valence-electron chi connectivity index (χ2n) is 22.9. The summed E-state index contributed by atoms with van der Waals surface area (Å²) < 4.78 is 345. The van der Waals surface area contributed by atoms with Crippen LogP contribution < -0.4 is 0 Å². The quantitative estimate of drug-likeness (QED) is 0.144. The van der Waals surface area contributed by atoms with Crippen molar-refractivity contribution in [1.82, 2.24) is 39.0 Å². The van der Waals surface area contributed by atoms with Crippen molar-refractivity contribution in [3.63, 3.8) is 0 Å². The second kappa shape index (κ2) is 22.7. The zero-order valence-corrected chi connectivity index (χ0v) is 51.4. The maximum Gasteiger partial charge on any atom is 0.238 e. The van der Waals surface area contributed by atoms with Gasteiger partial charge in [-0.1, -0.05) is 230 Å². The Morgan fingerprint density at radius 2 is 0.745 bits per heavy atom. The van der Waals surface area contributed by atoms with Gasteiger partial charge < -0.3 is 17.7 Å². The minimum absolute atomic E-state index is 0.00722. The van der Waals surface area contributed by atoms with Crippen LogP contribution in [0.5, 0.6) is 0 Å². The van der Waals surface area contributed by atoms with Crippen LogP contribution in [0.1, 0.15) is 49.3 Å². The highest BCUT2D eigenvalue weighted by Crippen LogP contribution is 2.45. The lowest BCUT2D eigenvalue weighted by Crippen LogP contribution is -2.06. The Kier molecular flexibility index (Phi) is 7.15. The average molecular weight is 1350 g/mol. The summed E-state index contributed by atoms with van der Waals surface area (Å²) >= 11 is 0. The van der Waals surface area contributed by atoms with E-state index in [1.165, 1.54) is 4.57 Å². The molecule has 0 aliphatic carbocycles. The molecule has 0 spiro atoms. The van der Waals surface area contributed by atoms with Crippen LogP contribution in [-0.2, 0) is 0 Å². The normalized spacial score (nSPS) is 16.9. The highest BCUT2D eigenvalue weighted by Gasteiger charge is 2.26. The van der Waals surface area contributed by atoms with Crippen molar-refractivity contribution in [2.24, 2.45) is 0 Å². The highest BCUT2D eigenvalue weighted by molar-refractivity contribution is 6.25. The zero-order valence-electron chi connectivity index (χ0n) is 87.4. The van der Waals surface area contributed by atoms with Crippen molar-refractivity contribution in [2.75, 3.05) is 0 Å². The summed E-state index contributed by atoms with van der Waals surface area (Å²) in [4.78, 5) is 28.0. The van der Waals surface area contributed by atoms with Crippen molar-refractivity contribution in [3.05, 3.63) is 315 Å².